The standard InChI is InChI=1S/C7H13ClF3N/c1-6(8)2-4-12-5-3-7(9,10)11/h6,12H,2-5H2,1H3. The minimum atomic E-state index is -4.06. The van der Waals surface area contributed by atoms with E-state index < -0.39 is 12.6 Å². The van der Waals surface area contributed by atoms with Gasteiger partial charge in [-0.3, -0.25) is 0 Å². The maximum Gasteiger partial charge on any atom is 0.390 e. The Labute approximate surface area is 75.3 Å². The molecule has 0 saturated carbocycles. The molecule has 1 nitrogen and oxygen atoms in total. The van der Waals surface area contributed by atoms with Crippen LogP contribution in [0, 0.1) is 0 Å². The number of rotatable bonds is 5. The first kappa shape index (κ1) is 12.0. The molecule has 0 aromatic carbocycles. The highest BCUT2D eigenvalue weighted by Crippen LogP contribution is 2.18. The van der Waals surface area contributed by atoms with Gasteiger partial charge in [-0.2, -0.15) is 13.2 Å². The summed E-state index contributed by atoms with van der Waals surface area (Å²) in [6.45, 7) is 2.33. The first-order valence-electron chi connectivity index (χ1n) is 3.83. The summed E-state index contributed by atoms with van der Waals surface area (Å²) in [7, 11) is 0. The van der Waals surface area contributed by atoms with E-state index in [9.17, 15) is 13.2 Å². The third kappa shape index (κ3) is 10.0. The first-order valence-corrected chi connectivity index (χ1v) is 4.27. The van der Waals surface area contributed by atoms with E-state index in [0.717, 1.165) is 0 Å². The molecule has 1 unspecified atom stereocenters. The third-order valence-corrected chi connectivity index (χ3v) is 1.52. The molecule has 0 amide bonds. The summed E-state index contributed by atoms with van der Waals surface area (Å²) >= 11 is 5.58. The Bertz CT molecular complexity index is 114. The van der Waals surface area contributed by atoms with E-state index in [1.165, 1.54) is 0 Å². The molecule has 1 atom stereocenters. The Morgan fingerprint density at radius 3 is 2.33 bits per heavy atom. The highest BCUT2D eigenvalue weighted by atomic mass is 35.5. The van der Waals surface area contributed by atoms with Crippen LogP contribution < -0.4 is 5.32 Å². The predicted octanol–water partition coefficient (Wildman–Crippen LogP) is 2.55. The van der Waals surface area contributed by atoms with Crippen LogP contribution >= 0.6 is 11.6 Å². The Morgan fingerprint density at radius 2 is 1.92 bits per heavy atom. The molecule has 0 bridgehead atoms. The summed E-state index contributed by atoms with van der Waals surface area (Å²) < 4.78 is 34.7. The zero-order valence-electron chi connectivity index (χ0n) is 6.92. The second-order valence-electron chi connectivity index (χ2n) is 2.68. The molecule has 0 aliphatic carbocycles. The van der Waals surface area contributed by atoms with Gasteiger partial charge in [0.25, 0.3) is 0 Å². The number of halogens is 4. The zero-order chi connectivity index (χ0) is 9.61. The van der Waals surface area contributed by atoms with Crippen molar-refractivity contribution in [1.82, 2.24) is 5.32 Å². The van der Waals surface area contributed by atoms with Crippen molar-refractivity contribution in [3.63, 3.8) is 0 Å². The molecule has 74 valence electrons. The second kappa shape index (κ2) is 5.65. The summed E-state index contributed by atoms with van der Waals surface area (Å²) in [6, 6.07) is 0. The van der Waals surface area contributed by atoms with E-state index in [-0.39, 0.29) is 11.9 Å². The SMILES string of the molecule is CC(Cl)CCNCCC(F)(F)F. The van der Waals surface area contributed by atoms with E-state index in [1.54, 1.807) is 0 Å². The van der Waals surface area contributed by atoms with Gasteiger partial charge in [-0.15, -0.1) is 11.6 Å². The van der Waals surface area contributed by atoms with Crippen LogP contribution in [-0.4, -0.2) is 24.6 Å². The van der Waals surface area contributed by atoms with Gasteiger partial charge in [0.05, 0.1) is 6.42 Å². The number of alkyl halides is 4. The molecule has 0 rings (SSSR count). The van der Waals surface area contributed by atoms with E-state index in [4.69, 9.17) is 11.6 Å². The lowest BCUT2D eigenvalue weighted by Crippen LogP contribution is -2.23. The van der Waals surface area contributed by atoms with E-state index in [1.807, 2.05) is 6.92 Å². The Balaban J connectivity index is 3.12. The van der Waals surface area contributed by atoms with Crippen molar-refractivity contribution in [2.45, 2.75) is 31.3 Å². The summed E-state index contributed by atoms with van der Waals surface area (Å²) in [5.41, 5.74) is 0. The lowest BCUT2D eigenvalue weighted by atomic mass is 10.3. The van der Waals surface area contributed by atoms with Crippen LogP contribution in [0.1, 0.15) is 19.8 Å². The summed E-state index contributed by atoms with van der Waals surface area (Å²) in [5.74, 6) is 0. The van der Waals surface area contributed by atoms with Gasteiger partial charge in [0.2, 0.25) is 0 Å². The molecular formula is C7H13ClF3N. The van der Waals surface area contributed by atoms with Gasteiger partial charge >= 0.3 is 6.18 Å². The smallest absolute Gasteiger partial charge is 0.316 e. The van der Waals surface area contributed by atoms with Crippen molar-refractivity contribution in [3.05, 3.63) is 0 Å². The van der Waals surface area contributed by atoms with Crippen LogP contribution in [0.4, 0.5) is 13.2 Å². The molecule has 0 aliphatic rings. The van der Waals surface area contributed by atoms with Crippen molar-refractivity contribution in [3.8, 4) is 0 Å². The van der Waals surface area contributed by atoms with Crippen molar-refractivity contribution in [2.75, 3.05) is 13.1 Å². The second-order valence-corrected chi connectivity index (χ2v) is 3.43. The molecule has 0 radical (unpaired) electrons. The van der Waals surface area contributed by atoms with Gasteiger partial charge in [0.15, 0.2) is 0 Å². The topological polar surface area (TPSA) is 12.0 Å². The molecule has 1 N–H and O–H groups in total. The van der Waals surface area contributed by atoms with E-state index in [0.29, 0.717) is 13.0 Å². The van der Waals surface area contributed by atoms with Gasteiger partial charge in [-0.05, 0) is 19.9 Å². The molecule has 0 aromatic heterocycles. The lowest BCUT2D eigenvalue weighted by Gasteiger charge is -2.07. The lowest BCUT2D eigenvalue weighted by molar-refractivity contribution is -0.133. The Hall–Kier alpha value is 0.0400. The van der Waals surface area contributed by atoms with Gasteiger partial charge in [0.1, 0.15) is 0 Å². The Morgan fingerprint density at radius 1 is 1.33 bits per heavy atom. The quantitative estimate of drug-likeness (QED) is 0.535. The predicted molar refractivity (Wildman–Crippen MR) is 43.5 cm³/mol. The molecule has 12 heavy (non-hydrogen) atoms. The van der Waals surface area contributed by atoms with Crippen LogP contribution in [0.15, 0.2) is 0 Å². The van der Waals surface area contributed by atoms with Crippen LogP contribution in [-0.2, 0) is 0 Å². The highest BCUT2D eigenvalue weighted by molar-refractivity contribution is 6.20. The molecular weight excluding hydrogens is 191 g/mol. The van der Waals surface area contributed by atoms with Gasteiger partial charge in [0, 0.05) is 11.9 Å². The van der Waals surface area contributed by atoms with Crippen LogP contribution in [0.25, 0.3) is 0 Å². The molecule has 0 saturated heterocycles. The molecule has 0 aromatic rings. The average molecular weight is 204 g/mol. The molecule has 0 aliphatic heterocycles. The average Bonchev–Trinajstić information content (AvgIpc) is 1.83. The minimum Gasteiger partial charge on any atom is -0.316 e. The molecule has 5 heteroatoms. The van der Waals surface area contributed by atoms with Crippen LogP contribution in [0.5, 0.6) is 0 Å². The number of hydrogen-bond donors (Lipinski definition) is 1. The third-order valence-electron chi connectivity index (χ3n) is 1.30. The van der Waals surface area contributed by atoms with Gasteiger partial charge in [-0.25, -0.2) is 0 Å². The monoisotopic (exact) mass is 203 g/mol. The summed E-state index contributed by atoms with van der Waals surface area (Å²) in [4.78, 5) is 0. The number of nitrogens with one attached hydrogen (secondary N) is 1. The fraction of sp³-hybridized carbons (Fsp3) is 1.00. The van der Waals surface area contributed by atoms with Crippen molar-refractivity contribution in [2.24, 2.45) is 0 Å². The number of hydrogen-bond acceptors (Lipinski definition) is 1. The van der Waals surface area contributed by atoms with Crippen molar-refractivity contribution in [1.29, 1.82) is 0 Å². The fourth-order valence-corrected chi connectivity index (χ4v) is 0.765. The molecule has 0 heterocycles. The largest absolute Gasteiger partial charge is 0.390 e. The molecule has 0 spiro atoms. The maximum absolute atomic E-state index is 11.6. The zero-order valence-corrected chi connectivity index (χ0v) is 7.67. The summed E-state index contributed by atoms with van der Waals surface area (Å²) in [5, 5.41) is 2.69. The van der Waals surface area contributed by atoms with Gasteiger partial charge < -0.3 is 5.32 Å². The normalized spacial score (nSPS) is 14.8. The maximum atomic E-state index is 11.6. The van der Waals surface area contributed by atoms with E-state index >= 15 is 0 Å². The van der Waals surface area contributed by atoms with Crippen molar-refractivity contribution < 1.29 is 13.2 Å². The van der Waals surface area contributed by atoms with Crippen LogP contribution in [0.3, 0.4) is 0 Å². The van der Waals surface area contributed by atoms with Crippen molar-refractivity contribution >= 4 is 11.6 Å². The van der Waals surface area contributed by atoms with E-state index in [2.05, 4.69) is 5.32 Å². The minimum absolute atomic E-state index is 0.0170. The fourth-order valence-electron chi connectivity index (χ4n) is 0.656. The first-order chi connectivity index (χ1) is 5.42. The Kier molecular flexibility index (Phi) is 5.66. The van der Waals surface area contributed by atoms with Crippen LogP contribution in [0.2, 0.25) is 0 Å². The highest BCUT2D eigenvalue weighted by Gasteiger charge is 2.25. The van der Waals surface area contributed by atoms with Gasteiger partial charge in [-0.1, -0.05) is 0 Å². The summed E-state index contributed by atoms with van der Waals surface area (Å²) in [6.07, 6.45) is -4.14. The molecule has 0 fully saturated rings.